The monoisotopic (exact) mass is 258 g/mol. The number of hydrogen-bond donors (Lipinski definition) is 2. The molecule has 0 aliphatic heterocycles. The number of carboxylic acids is 1. The molecule has 0 fully saturated rings. The lowest BCUT2D eigenvalue weighted by Crippen LogP contribution is -2.23. The van der Waals surface area contributed by atoms with Gasteiger partial charge in [0.25, 0.3) is 0 Å². The first-order valence-corrected chi connectivity index (χ1v) is 5.10. The van der Waals surface area contributed by atoms with Crippen LogP contribution in [0.3, 0.4) is 0 Å². The minimum Gasteiger partial charge on any atom is -0.481 e. The maximum Gasteiger partial charge on any atom is 0.396 e. The van der Waals surface area contributed by atoms with Gasteiger partial charge in [0.15, 0.2) is 0 Å². The van der Waals surface area contributed by atoms with Crippen LogP contribution in [-0.4, -0.2) is 27.2 Å². The van der Waals surface area contributed by atoms with Gasteiger partial charge < -0.3 is 10.1 Å². The second-order valence-corrected chi connectivity index (χ2v) is 3.84. The van der Waals surface area contributed by atoms with Crippen LogP contribution in [0.4, 0.5) is 13.2 Å². The average molecular weight is 258 g/mol. The van der Waals surface area contributed by atoms with Crippen LogP contribution >= 0.6 is 0 Å². The molecule has 0 aliphatic carbocycles. The molecule has 0 saturated heterocycles. The Labute approximate surface area is 99.5 Å². The number of carboxylic acid groups (broad SMARTS) is 1. The molecule has 1 atom stereocenters. The van der Waals surface area contributed by atoms with E-state index in [1.807, 2.05) is 0 Å². The number of halogens is 3. The van der Waals surface area contributed by atoms with Gasteiger partial charge in [0.05, 0.1) is 12.3 Å². The summed E-state index contributed by atoms with van der Waals surface area (Å²) >= 11 is 0. The van der Waals surface area contributed by atoms with Gasteiger partial charge in [-0.3, -0.25) is 4.79 Å². The SMILES string of the molecule is O=C(O)CC(c1c[nH]c2ncccc12)C(F)(F)F. The van der Waals surface area contributed by atoms with Gasteiger partial charge in [0.1, 0.15) is 5.65 Å². The van der Waals surface area contributed by atoms with Gasteiger partial charge in [-0.25, -0.2) is 4.98 Å². The third kappa shape index (κ3) is 2.29. The summed E-state index contributed by atoms with van der Waals surface area (Å²) in [4.78, 5) is 17.0. The standard InChI is InChI=1S/C11H9F3N2O2/c12-11(13,14)8(4-9(17)18)7-5-16-10-6(7)2-1-3-15-10/h1-3,5,8H,4H2,(H,15,16)(H,17,18). The zero-order chi connectivity index (χ0) is 13.3. The highest BCUT2D eigenvalue weighted by molar-refractivity contribution is 5.81. The fourth-order valence-electron chi connectivity index (χ4n) is 1.84. The number of alkyl halides is 3. The van der Waals surface area contributed by atoms with Crippen molar-refractivity contribution < 1.29 is 23.1 Å². The molecule has 1 unspecified atom stereocenters. The molecule has 2 N–H and O–H groups in total. The van der Waals surface area contributed by atoms with Crippen LogP contribution < -0.4 is 0 Å². The number of pyridine rings is 1. The molecule has 96 valence electrons. The molecule has 2 aromatic heterocycles. The summed E-state index contributed by atoms with van der Waals surface area (Å²) in [5.74, 6) is -3.52. The molecule has 4 nitrogen and oxygen atoms in total. The van der Waals surface area contributed by atoms with Crippen LogP contribution in [-0.2, 0) is 4.79 Å². The highest BCUT2D eigenvalue weighted by Gasteiger charge is 2.43. The predicted octanol–water partition coefficient (Wildman–Crippen LogP) is 2.68. The Balaban J connectivity index is 2.51. The summed E-state index contributed by atoms with van der Waals surface area (Å²) in [7, 11) is 0. The topological polar surface area (TPSA) is 66.0 Å². The molecule has 2 rings (SSSR count). The third-order valence-electron chi connectivity index (χ3n) is 2.63. The number of nitrogens with zero attached hydrogens (tertiary/aromatic N) is 1. The van der Waals surface area contributed by atoms with Crippen molar-refractivity contribution in [2.45, 2.75) is 18.5 Å². The first-order valence-electron chi connectivity index (χ1n) is 5.10. The highest BCUT2D eigenvalue weighted by Crippen LogP contribution is 2.40. The van der Waals surface area contributed by atoms with Crippen LogP contribution in [0.5, 0.6) is 0 Å². The number of aromatic nitrogens is 2. The van der Waals surface area contributed by atoms with Crippen molar-refractivity contribution >= 4 is 17.0 Å². The highest BCUT2D eigenvalue weighted by atomic mass is 19.4. The Morgan fingerprint density at radius 2 is 2.22 bits per heavy atom. The summed E-state index contributed by atoms with van der Waals surface area (Å²) < 4.78 is 38.6. The van der Waals surface area contributed by atoms with Crippen molar-refractivity contribution in [2.24, 2.45) is 0 Å². The molecule has 0 bridgehead atoms. The summed E-state index contributed by atoms with van der Waals surface area (Å²) in [6.07, 6.45) is -2.99. The minimum atomic E-state index is -4.61. The maximum atomic E-state index is 12.9. The van der Waals surface area contributed by atoms with E-state index in [1.165, 1.54) is 24.5 Å². The first kappa shape index (κ1) is 12.4. The molecule has 0 radical (unpaired) electrons. The summed E-state index contributed by atoms with van der Waals surface area (Å²) in [5.41, 5.74) is 0.222. The third-order valence-corrected chi connectivity index (χ3v) is 2.63. The normalized spacial score (nSPS) is 13.7. The van der Waals surface area contributed by atoms with Crippen LogP contribution in [0.2, 0.25) is 0 Å². The van der Waals surface area contributed by atoms with Crippen molar-refractivity contribution in [3.05, 3.63) is 30.1 Å². The molecule has 0 aromatic carbocycles. The Kier molecular flexibility index (Phi) is 2.98. The lowest BCUT2D eigenvalue weighted by atomic mass is 9.95. The molecular weight excluding hydrogens is 249 g/mol. The predicted molar refractivity (Wildman–Crippen MR) is 57.1 cm³/mol. The van der Waals surface area contributed by atoms with Crippen molar-refractivity contribution in [3.63, 3.8) is 0 Å². The van der Waals surface area contributed by atoms with Gasteiger partial charge in [-0.2, -0.15) is 13.2 Å². The second-order valence-electron chi connectivity index (χ2n) is 3.84. The van der Waals surface area contributed by atoms with Crippen LogP contribution in [0, 0.1) is 0 Å². The number of H-pyrrole nitrogens is 1. The molecule has 0 aliphatic rings. The smallest absolute Gasteiger partial charge is 0.396 e. The fraction of sp³-hybridized carbons (Fsp3) is 0.273. The number of aromatic amines is 1. The summed E-state index contributed by atoms with van der Waals surface area (Å²) in [6.45, 7) is 0. The molecule has 18 heavy (non-hydrogen) atoms. The van der Waals surface area contributed by atoms with Gasteiger partial charge in [-0.05, 0) is 17.7 Å². The van der Waals surface area contributed by atoms with E-state index in [0.717, 1.165) is 0 Å². The zero-order valence-electron chi connectivity index (χ0n) is 9.03. The van der Waals surface area contributed by atoms with E-state index in [2.05, 4.69) is 9.97 Å². The van der Waals surface area contributed by atoms with Crippen LogP contribution in [0.15, 0.2) is 24.5 Å². The molecular formula is C11H9F3N2O2. The van der Waals surface area contributed by atoms with E-state index in [0.29, 0.717) is 11.0 Å². The van der Waals surface area contributed by atoms with Gasteiger partial charge in [-0.1, -0.05) is 0 Å². The average Bonchev–Trinajstić information content (AvgIpc) is 2.67. The van der Waals surface area contributed by atoms with Gasteiger partial charge >= 0.3 is 12.1 Å². The van der Waals surface area contributed by atoms with E-state index < -0.39 is 24.5 Å². The Bertz CT molecular complexity index is 577. The number of hydrogen-bond acceptors (Lipinski definition) is 2. The molecule has 7 heteroatoms. The Hall–Kier alpha value is -2.05. The van der Waals surface area contributed by atoms with Crippen LogP contribution in [0.25, 0.3) is 11.0 Å². The van der Waals surface area contributed by atoms with Gasteiger partial charge in [0.2, 0.25) is 0 Å². The number of fused-ring (bicyclic) bond motifs is 1. The van der Waals surface area contributed by atoms with E-state index in [4.69, 9.17) is 5.11 Å². The maximum absolute atomic E-state index is 12.9. The lowest BCUT2D eigenvalue weighted by molar-refractivity contribution is -0.163. The Morgan fingerprint density at radius 1 is 1.50 bits per heavy atom. The summed E-state index contributed by atoms with van der Waals surface area (Å²) in [6, 6.07) is 2.99. The largest absolute Gasteiger partial charge is 0.481 e. The Morgan fingerprint density at radius 3 is 2.83 bits per heavy atom. The number of aliphatic carboxylic acids is 1. The number of rotatable bonds is 3. The number of nitrogens with one attached hydrogen (secondary N) is 1. The molecule has 0 saturated carbocycles. The first-order chi connectivity index (χ1) is 8.39. The minimum absolute atomic E-state index is 0.0898. The van der Waals surface area contributed by atoms with Crippen molar-refractivity contribution in [1.82, 2.24) is 9.97 Å². The quantitative estimate of drug-likeness (QED) is 0.889. The molecule has 2 heterocycles. The van der Waals surface area contributed by atoms with E-state index in [1.54, 1.807) is 0 Å². The summed E-state index contributed by atoms with van der Waals surface area (Å²) in [5, 5.41) is 8.88. The van der Waals surface area contributed by atoms with E-state index in [9.17, 15) is 18.0 Å². The number of carbonyl (C=O) groups is 1. The lowest BCUT2D eigenvalue weighted by Gasteiger charge is -2.17. The fourth-order valence-corrected chi connectivity index (χ4v) is 1.84. The van der Waals surface area contributed by atoms with Gasteiger partial charge in [-0.15, -0.1) is 0 Å². The van der Waals surface area contributed by atoms with E-state index in [-0.39, 0.29) is 5.56 Å². The van der Waals surface area contributed by atoms with E-state index >= 15 is 0 Å². The second kappa shape index (κ2) is 4.32. The zero-order valence-corrected chi connectivity index (χ0v) is 9.03. The van der Waals surface area contributed by atoms with Crippen molar-refractivity contribution in [1.29, 1.82) is 0 Å². The van der Waals surface area contributed by atoms with Crippen LogP contribution in [0.1, 0.15) is 17.9 Å². The molecule has 0 spiro atoms. The van der Waals surface area contributed by atoms with Crippen molar-refractivity contribution in [2.75, 3.05) is 0 Å². The van der Waals surface area contributed by atoms with Crippen molar-refractivity contribution in [3.8, 4) is 0 Å². The molecule has 0 amide bonds. The molecule has 2 aromatic rings. The van der Waals surface area contributed by atoms with Gasteiger partial charge in [0, 0.05) is 17.8 Å².